The summed E-state index contributed by atoms with van der Waals surface area (Å²) in [5, 5.41) is 0. The van der Waals surface area contributed by atoms with Gasteiger partial charge in [-0.15, -0.1) is 0 Å². The van der Waals surface area contributed by atoms with Crippen LogP contribution in [0.3, 0.4) is 0 Å². The molecule has 0 spiro atoms. The molecule has 136 valence electrons. The largest absolute Gasteiger partial charge is 0.449 e. The van der Waals surface area contributed by atoms with Crippen LogP contribution in [0.5, 0.6) is 0 Å². The second-order valence-corrected chi connectivity index (χ2v) is 7.75. The molecule has 3 rings (SSSR count). The van der Waals surface area contributed by atoms with Crippen molar-refractivity contribution in [3.8, 4) is 0 Å². The molecule has 1 N–H and O–H groups in total. The van der Waals surface area contributed by atoms with Crippen molar-refractivity contribution in [1.82, 2.24) is 19.2 Å². The molecule has 1 aromatic heterocycles. The average molecular weight is 376 g/mol. The number of aromatic amines is 1. The summed E-state index contributed by atoms with van der Waals surface area (Å²) in [4.78, 5) is 19.6. The molecule has 0 bridgehead atoms. The van der Waals surface area contributed by atoms with E-state index in [9.17, 15) is 26.4 Å². The summed E-state index contributed by atoms with van der Waals surface area (Å²) in [7, 11) is -3.30. The van der Waals surface area contributed by atoms with Crippen LogP contribution in [0.15, 0.2) is 18.2 Å². The number of nitrogens with one attached hydrogen (secondary N) is 1. The molecule has 1 amide bonds. The molecule has 2 heterocycles. The molecular formula is C14H15F3N4O3S. The van der Waals surface area contributed by atoms with Crippen LogP contribution >= 0.6 is 0 Å². The number of halogens is 3. The van der Waals surface area contributed by atoms with Crippen LogP contribution in [0.2, 0.25) is 0 Å². The molecule has 11 heteroatoms. The Morgan fingerprint density at radius 1 is 1.20 bits per heavy atom. The number of H-pyrrole nitrogens is 1. The highest BCUT2D eigenvalue weighted by Gasteiger charge is 2.35. The minimum absolute atomic E-state index is 0.116. The van der Waals surface area contributed by atoms with Crippen molar-refractivity contribution >= 4 is 27.0 Å². The number of carbonyl (C=O) groups is 1. The lowest BCUT2D eigenvalue weighted by Gasteiger charge is -2.33. The third-order valence-corrected chi connectivity index (χ3v) is 5.30. The predicted octanol–water partition coefficient (Wildman–Crippen LogP) is 1.30. The van der Waals surface area contributed by atoms with Gasteiger partial charge in [0.2, 0.25) is 15.8 Å². The smallest absolute Gasteiger partial charge is 0.336 e. The van der Waals surface area contributed by atoms with Crippen LogP contribution in [0, 0.1) is 0 Å². The minimum atomic E-state index is -4.59. The average Bonchev–Trinajstić information content (AvgIpc) is 2.97. The lowest BCUT2D eigenvalue weighted by molar-refractivity contribution is -0.144. The van der Waals surface area contributed by atoms with E-state index in [0.717, 1.165) is 6.26 Å². The Kier molecular flexibility index (Phi) is 4.23. The minimum Gasteiger partial charge on any atom is -0.336 e. The molecule has 1 aliphatic rings. The summed E-state index contributed by atoms with van der Waals surface area (Å²) < 4.78 is 62.3. The zero-order valence-electron chi connectivity index (χ0n) is 13.2. The Bertz CT molecular complexity index is 915. The first-order valence-corrected chi connectivity index (χ1v) is 9.22. The fraction of sp³-hybridized carbons (Fsp3) is 0.429. The van der Waals surface area contributed by atoms with Crippen LogP contribution in [-0.2, 0) is 16.2 Å². The normalized spacial score (nSPS) is 17.2. The van der Waals surface area contributed by atoms with Crippen LogP contribution in [0.4, 0.5) is 13.2 Å². The Morgan fingerprint density at radius 3 is 2.40 bits per heavy atom. The number of rotatable bonds is 2. The number of carbonyl (C=O) groups excluding carboxylic acids is 1. The number of aromatic nitrogens is 2. The molecule has 25 heavy (non-hydrogen) atoms. The van der Waals surface area contributed by atoms with Gasteiger partial charge in [-0.1, -0.05) is 0 Å². The highest BCUT2D eigenvalue weighted by Crippen LogP contribution is 2.28. The fourth-order valence-electron chi connectivity index (χ4n) is 2.68. The Hall–Kier alpha value is -2.14. The number of benzene rings is 1. The monoisotopic (exact) mass is 376 g/mol. The molecule has 1 fully saturated rings. The second-order valence-electron chi connectivity index (χ2n) is 5.77. The van der Waals surface area contributed by atoms with E-state index >= 15 is 0 Å². The first-order valence-electron chi connectivity index (χ1n) is 7.37. The second kappa shape index (κ2) is 5.99. The van der Waals surface area contributed by atoms with Gasteiger partial charge in [-0.2, -0.15) is 17.5 Å². The maximum Gasteiger partial charge on any atom is 0.449 e. The number of amides is 1. The van der Waals surface area contributed by atoms with Gasteiger partial charge in [0, 0.05) is 31.7 Å². The summed E-state index contributed by atoms with van der Waals surface area (Å²) >= 11 is 0. The van der Waals surface area contributed by atoms with Gasteiger partial charge in [0.05, 0.1) is 17.3 Å². The number of sulfonamides is 1. The highest BCUT2D eigenvalue weighted by atomic mass is 32.2. The molecule has 2 aromatic rings. The third-order valence-electron chi connectivity index (χ3n) is 3.99. The van der Waals surface area contributed by atoms with Crippen LogP contribution in [0.25, 0.3) is 11.0 Å². The standard InChI is InChI=1S/C14H15F3N4O3S/c1-25(23,24)21-6-4-20(5-7-21)12(22)9-2-3-10-11(8-9)19-13(18-10)14(15,16)17/h2-3,8H,4-7H2,1H3,(H,18,19). The van der Waals surface area contributed by atoms with Crippen molar-refractivity contribution in [2.45, 2.75) is 6.18 Å². The number of fused-ring (bicyclic) bond motifs is 1. The quantitative estimate of drug-likeness (QED) is 0.856. The van der Waals surface area contributed by atoms with E-state index in [1.54, 1.807) is 0 Å². The van der Waals surface area contributed by atoms with Crippen molar-refractivity contribution in [2.24, 2.45) is 0 Å². The molecule has 0 saturated carbocycles. The van der Waals surface area contributed by atoms with Gasteiger partial charge in [-0.3, -0.25) is 4.79 Å². The van der Waals surface area contributed by atoms with Crippen LogP contribution < -0.4 is 0 Å². The molecule has 0 aliphatic carbocycles. The first-order chi connectivity index (χ1) is 11.6. The number of nitrogens with zero attached hydrogens (tertiary/aromatic N) is 3. The van der Waals surface area contributed by atoms with Crippen molar-refractivity contribution in [2.75, 3.05) is 32.4 Å². The zero-order valence-corrected chi connectivity index (χ0v) is 14.0. The summed E-state index contributed by atoms with van der Waals surface area (Å²) in [6, 6.07) is 4.08. The third kappa shape index (κ3) is 3.61. The highest BCUT2D eigenvalue weighted by molar-refractivity contribution is 7.88. The molecular weight excluding hydrogens is 361 g/mol. The Morgan fingerprint density at radius 2 is 1.84 bits per heavy atom. The number of alkyl halides is 3. The number of hydrogen-bond acceptors (Lipinski definition) is 4. The number of hydrogen-bond donors (Lipinski definition) is 1. The molecule has 7 nitrogen and oxygen atoms in total. The zero-order chi connectivity index (χ0) is 18.4. The van der Waals surface area contributed by atoms with E-state index in [-0.39, 0.29) is 48.7 Å². The molecule has 1 aromatic carbocycles. The summed E-state index contributed by atoms with van der Waals surface area (Å²) in [6.45, 7) is 0.825. The van der Waals surface area contributed by atoms with Crippen molar-refractivity contribution < 1.29 is 26.4 Å². The van der Waals surface area contributed by atoms with Gasteiger partial charge in [0.15, 0.2) is 0 Å². The SMILES string of the molecule is CS(=O)(=O)N1CCN(C(=O)c2ccc3nc(C(F)(F)F)[nH]c3c2)CC1. The van der Waals surface area contributed by atoms with Gasteiger partial charge >= 0.3 is 6.18 Å². The van der Waals surface area contributed by atoms with Crippen LogP contribution in [-0.4, -0.2) is 65.9 Å². The maximum atomic E-state index is 12.7. The van der Waals surface area contributed by atoms with E-state index in [4.69, 9.17) is 0 Å². The molecule has 0 atom stereocenters. The van der Waals surface area contributed by atoms with Crippen LogP contribution in [0.1, 0.15) is 16.2 Å². The molecule has 1 aliphatic heterocycles. The van der Waals surface area contributed by atoms with E-state index < -0.39 is 22.0 Å². The fourth-order valence-corrected chi connectivity index (χ4v) is 3.51. The summed E-state index contributed by atoms with van der Waals surface area (Å²) in [5.41, 5.74) is 0.455. The van der Waals surface area contributed by atoms with Gasteiger partial charge in [0.1, 0.15) is 0 Å². The molecule has 0 radical (unpaired) electrons. The van der Waals surface area contributed by atoms with Crippen molar-refractivity contribution in [1.29, 1.82) is 0 Å². The van der Waals surface area contributed by atoms with E-state index in [1.165, 1.54) is 27.4 Å². The molecule has 0 unspecified atom stereocenters. The van der Waals surface area contributed by atoms with Gasteiger partial charge < -0.3 is 9.88 Å². The van der Waals surface area contributed by atoms with Gasteiger partial charge in [-0.05, 0) is 18.2 Å². The topological polar surface area (TPSA) is 86.4 Å². The number of piperazine rings is 1. The lowest BCUT2D eigenvalue weighted by Crippen LogP contribution is -2.50. The lowest BCUT2D eigenvalue weighted by atomic mass is 10.1. The summed E-state index contributed by atoms with van der Waals surface area (Å²) in [5.74, 6) is -1.48. The van der Waals surface area contributed by atoms with E-state index in [2.05, 4.69) is 9.97 Å². The molecule has 1 saturated heterocycles. The number of imidazole rings is 1. The predicted molar refractivity (Wildman–Crippen MR) is 83.4 cm³/mol. The van der Waals surface area contributed by atoms with E-state index in [0.29, 0.717) is 0 Å². The Balaban J connectivity index is 1.79. The summed E-state index contributed by atoms with van der Waals surface area (Å²) in [6.07, 6.45) is -3.49. The van der Waals surface area contributed by atoms with Crippen molar-refractivity contribution in [3.05, 3.63) is 29.6 Å². The Labute approximate surface area is 141 Å². The van der Waals surface area contributed by atoms with Gasteiger partial charge in [0.25, 0.3) is 5.91 Å². The first kappa shape index (κ1) is 17.7. The van der Waals surface area contributed by atoms with Crippen molar-refractivity contribution in [3.63, 3.8) is 0 Å². The maximum absolute atomic E-state index is 12.7. The van der Waals surface area contributed by atoms with E-state index in [1.807, 2.05) is 0 Å². The van der Waals surface area contributed by atoms with Gasteiger partial charge in [-0.25, -0.2) is 13.4 Å².